The maximum absolute atomic E-state index is 12.5. The summed E-state index contributed by atoms with van der Waals surface area (Å²) in [5, 5.41) is 3.37. The predicted octanol–water partition coefficient (Wildman–Crippen LogP) is 4.20. The molecular weight excluding hydrogens is 426 g/mol. The lowest BCUT2D eigenvalue weighted by atomic mass is 9.95. The molecule has 3 rings (SSSR count). The van der Waals surface area contributed by atoms with Gasteiger partial charge < -0.3 is 14.2 Å². The number of hydrogen-bond donors (Lipinski definition) is 1. The van der Waals surface area contributed by atoms with Crippen molar-refractivity contribution in [3.05, 3.63) is 95.6 Å². The van der Waals surface area contributed by atoms with Crippen molar-refractivity contribution in [1.82, 2.24) is 5.32 Å². The molecule has 1 N–H and O–H groups in total. The molecule has 0 spiro atoms. The van der Waals surface area contributed by atoms with Crippen LogP contribution in [0.4, 0.5) is 0 Å². The highest BCUT2D eigenvalue weighted by Gasteiger charge is 2.19. The van der Waals surface area contributed by atoms with Gasteiger partial charge in [0.05, 0.1) is 13.5 Å². The number of carbonyl (C=O) groups excluding carboxylic acids is 1. The highest BCUT2D eigenvalue weighted by molar-refractivity contribution is 7.87. The molecule has 0 radical (unpaired) electrons. The molecule has 32 heavy (non-hydrogen) atoms. The van der Waals surface area contributed by atoms with E-state index in [2.05, 4.69) is 5.32 Å². The second kappa shape index (κ2) is 10.9. The lowest BCUT2D eigenvalue weighted by Crippen LogP contribution is -2.23. The SMILES string of the molecule is COC(=O)CC(CNCc1ccccc1)c1ccc(OS(=O)(=O)c2ccc(C)cc2)cc1. The van der Waals surface area contributed by atoms with E-state index in [-0.39, 0.29) is 29.0 Å². The highest BCUT2D eigenvalue weighted by atomic mass is 32.2. The van der Waals surface area contributed by atoms with Crippen LogP contribution in [0.25, 0.3) is 0 Å². The largest absolute Gasteiger partial charge is 0.469 e. The number of methoxy groups -OCH3 is 1. The molecular formula is C25H27NO5S. The molecule has 0 bridgehead atoms. The number of ether oxygens (including phenoxy) is 1. The number of esters is 1. The van der Waals surface area contributed by atoms with Crippen molar-refractivity contribution in [1.29, 1.82) is 0 Å². The second-order valence-electron chi connectivity index (χ2n) is 7.51. The lowest BCUT2D eigenvalue weighted by molar-refractivity contribution is -0.141. The fourth-order valence-corrected chi connectivity index (χ4v) is 4.18. The average Bonchev–Trinajstić information content (AvgIpc) is 2.79. The fraction of sp³-hybridized carbons (Fsp3) is 0.240. The second-order valence-corrected chi connectivity index (χ2v) is 9.06. The first-order chi connectivity index (χ1) is 15.4. The Hall–Kier alpha value is -3.16. The quantitative estimate of drug-likeness (QED) is 0.366. The van der Waals surface area contributed by atoms with E-state index in [1.54, 1.807) is 36.4 Å². The van der Waals surface area contributed by atoms with E-state index in [1.165, 1.54) is 19.2 Å². The monoisotopic (exact) mass is 453 g/mol. The molecule has 1 atom stereocenters. The molecule has 0 saturated carbocycles. The summed E-state index contributed by atoms with van der Waals surface area (Å²) in [6, 6.07) is 23.2. The van der Waals surface area contributed by atoms with E-state index in [4.69, 9.17) is 8.92 Å². The van der Waals surface area contributed by atoms with Gasteiger partial charge >= 0.3 is 16.1 Å². The number of carbonyl (C=O) groups is 1. The first kappa shape index (κ1) is 23.5. The van der Waals surface area contributed by atoms with Crippen LogP contribution in [-0.4, -0.2) is 28.0 Å². The number of aryl methyl sites for hydroxylation is 1. The molecule has 0 heterocycles. The van der Waals surface area contributed by atoms with Gasteiger partial charge in [0.25, 0.3) is 0 Å². The topological polar surface area (TPSA) is 81.7 Å². The van der Waals surface area contributed by atoms with E-state index in [1.807, 2.05) is 37.3 Å². The molecule has 3 aromatic rings. The standard InChI is InChI=1S/C25H27NO5S/c1-19-8-14-24(15-9-19)32(28,29)31-23-12-10-21(11-13-23)22(16-25(27)30-2)18-26-17-20-6-4-3-5-7-20/h3-15,22,26H,16-18H2,1-2H3. The molecule has 1 unspecified atom stereocenters. The Kier molecular flexibility index (Phi) is 8.03. The van der Waals surface area contributed by atoms with Crippen LogP contribution in [-0.2, 0) is 26.2 Å². The molecule has 0 aliphatic heterocycles. The summed E-state index contributed by atoms with van der Waals surface area (Å²) >= 11 is 0. The lowest BCUT2D eigenvalue weighted by Gasteiger charge is -2.18. The van der Waals surface area contributed by atoms with Gasteiger partial charge in [0.15, 0.2) is 0 Å². The summed E-state index contributed by atoms with van der Waals surface area (Å²) in [5.41, 5.74) is 3.00. The summed E-state index contributed by atoms with van der Waals surface area (Å²) in [6.07, 6.45) is 0.208. The van der Waals surface area contributed by atoms with Gasteiger partial charge in [-0.3, -0.25) is 4.79 Å². The Morgan fingerprint density at radius 3 is 2.22 bits per heavy atom. The molecule has 0 saturated heterocycles. The summed E-state index contributed by atoms with van der Waals surface area (Å²) < 4.78 is 35.1. The summed E-state index contributed by atoms with van der Waals surface area (Å²) in [7, 11) is -2.55. The number of benzene rings is 3. The van der Waals surface area contributed by atoms with E-state index in [0.717, 1.165) is 16.7 Å². The molecule has 168 valence electrons. The Balaban J connectivity index is 1.68. The van der Waals surface area contributed by atoms with Crippen LogP contribution in [0.5, 0.6) is 5.75 Å². The predicted molar refractivity (Wildman–Crippen MR) is 123 cm³/mol. The van der Waals surface area contributed by atoms with Crippen LogP contribution >= 0.6 is 0 Å². The van der Waals surface area contributed by atoms with Crippen molar-refractivity contribution in [2.45, 2.75) is 30.7 Å². The van der Waals surface area contributed by atoms with Crippen LogP contribution in [0, 0.1) is 6.92 Å². The maximum Gasteiger partial charge on any atom is 0.339 e. The van der Waals surface area contributed by atoms with Crippen molar-refractivity contribution in [2.24, 2.45) is 0 Å². The normalized spacial score (nSPS) is 12.2. The maximum atomic E-state index is 12.5. The zero-order valence-corrected chi connectivity index (χ0v) is 19.0. The summed E-state index contributed by atoms with van der Waals surface area (Å²) in [4.78, 5) is 12.0. The van der Waals surface area contributed by atoms with Crippen molar-refractivity contribution >= 4 is 16.1 Å². The van der Waals surface area contributed by atoms with E-state index >= 15 is 0 Å². The number of rotatable bonds is 10. The van der Waals surface area contributed by atoms with Gasteiger partial charge in [-0.15, -0.1) is 0 Å². The summed E-state index contributed by atoms with van der Waals surface area (Å²) in [6.45, 7) is 3.12. The van der Waals surface area contributed by atoms with E-state index < -0.39 is 10.1 Å². The minimum atomic E-state index is -3.92. The number of hydrogen-bond acceptors (Lipinski definition) is 6. The van der Waals surface area contributed by atoms with Crippen LogP contribution in [0.1, 0.15) is 29.0 Å². The Bertz CT molecular complexity index is 1110. The van der Waals surface area contributed by atoms with Gasteiger partial charge in [0.1, 0.15) is 10.6 Å². The van der Waals surface area contributed by atoms with E-state index in [0.29, 0.717) is 13.1 Å². The van der Waals surface area contributed by atoms with Gasteiger partial charge in [0, 0.05) is 19.0 Å². The van der Waals surface area contributed by atoms with Gasteiger partial charge in [-0.1, -0.05) is 60.2 Å². The Morgan fingerprint density at radius 2 is 1.59 bits per heavy atom. The van der Waals surface area contributed by atoms with Crippen molar-refractivity contribution < 1.29 is 22.1 Å². The third kappa shape index (κ3) is 6.67. The van der Waals surface area contributed by atoms with Crippen LogP contribution < -0.4 is 9.50 Å². The van der Waals surface area contributed by atoms with Crippen molar-refractivity contribution in [3.8, 4) is 5.75 Å². The molecule has 0 amide bonds. The van der Waals surface area contributed by atoms with E-state index in [9.17, 15) is 13.2 Å². The van der Waals surface area contributed by atoms with Crippen LogP contribution in [0.3, 0.4) is 0 Å². The molecule has 0 fully saturated rings. The number of nitrogens with one attached hydrogen (secondary N) is 1. The van der Waals surface area contributed by atoms with Crippen molar-refractivity contribution in [2.75, 3.05) is 13.7 Å². The third-order valence-electron chi connectivity index (χ3n) is 5.07. The smallest absolute Gasteiger partial charge is 0.339 e. The highest BCUT2D eigenvalue weighted by Crippen LogP contribution is 2.25. The Morgan fingerprint density at radius 1 is 0.938 bits per heavy atom. The fourth-order valence-electron chi connectivity index (χ4n) is 3.25. The summed E-state index contributed by atoms with van der Waals surface area (Å²) in [5.74, 6) is -0.226. The minimum absolute atomic E-state index is 0.0980. The zero-order chi connectivity index (χ0) is 23.0. The third-order valence-corrected chi connectivity index (χ3v) is 6.33. The average molecular weight is 454 g/mol. The molecule has 0 aliphatic rings. The molecule has 0 aromatic heterocycles. The van der Waals surface area contributed by atoms with Gasteiger partial charge in [-0.25, -0.2) is 0 Å². The zero-order valence-electron chi connectivity index (χ0n) is 18.2. The first-order valence-electron chi connectivity index (χ1n) is 10.3. The molecule has 3 aromatic carbocycles. The molecule has 0 aliphatic carbocycles. The molecule has 7 heteroatoms. The van der Waals surface area contributed by atoms with Crippen LogP contribution in [0.2, 0.25) is 0 Å². The first-order valence-corrected chi connectivity index (χ1v) is 11.7. The van der Waals surface area contributed by atoms with Gasteiger partial charge in [-0.05, 0) is 42.3 Å². The molecule has 6 nitrogen and oxygen atoms in total. The minimum Gasteiger partial charge on any atom is -0.469 e. The van der Waals surface area contributed by atoms with Crippen molar-refractivity contribution in [3.63, 3.8) is 0 Å². The van der Waals surface area contributed by atoms with Gasteiger partial charge in [0.2, 0.25) is 0 Å². The van der Waals surface area contributed by atoms with Gasteiger partial charge in [-0.2, -0.15) is 8.42 Å². The Labute approximate surface area is 189 Å². The van der Waals surface area contributed by atoms with Crippen LogP contribution in [0.15, 0.2) is 83.8 Å².